The molecule has 0 amide bonds. The fraction of sp³-hybridized carbons (Fsp3) is 0.222. The summed E-state index contributed by atoms with van der Waals surface area (Å²) in [6.45, 7) is -2.91. The SMILES string of the molecule is N#Cc1cc(CBr)ccc1OC(F)F. The zero-order valence-corrected chi connectivity index (χ0v) is 8.59. The Morgan fingerprint density at radius 3 is 2.71 bits per heavy atom. The molecular weight excluding hydrogens is 256 g/mol. The Morgan fingerprint density at radius 1 is 1.50 bits per heavy atom. The fourth-order valence-corrected chi connectivity index (χ4v) is 1.30. The molecule has 0 radical (unpaired) electrons. The lowest BCUT2D eigenvalue weighted by molar-refractivity contribution is -0.0500. The first-order chi connectivity index (χ1) is 6.67. The van der Waals surface area contributed by atoms with E-state index in [1.54, 1.807) is 12.1 Å². The summed E-state index contributed by atoms with van der Waals surface area (Å²) in [6, 6.07) is 6.28. The van der Waals surface area contributed by atoms with E-state index in [0.717, 1.165) is 5.56 Å². The molecule has 5 heteroatoms. The molecule has 0 bridgehead atoms. The number of hydrogen-bond acceptors (Lipinski definition) is 2. The Hall–Kier alpha value is -1.15. The van der Waals surface area contributed by atoms with Gasteiger partial charge in [-0.3, -0.25) is 0 Å². The molecule has 0 unspecified atom stereocenters. The van der Waals surface area contributed by atoms with Crippen molar-refractivity contribution in [2.45, 2.75) is 11.9 Å². The van der Waals surface area contributed by atoms with Gasteiger partial charge in [-0.2, -0.15) is 14.0 Å². The van der Waals surface area contributed by atoms with Crippen molar-refractivity contribution in [1.29, 1.82) is 5.26 Å². The highest BCUT2D eigenvalue weighted by atomic mass is 79.9. The Labute approximate surface area is 88.2 Å². The summed E-state index contributed by atoms with van der Waals surface area (Å²) < 4.78 is 27.9. The third-order valence-electron chi connectivity index (χ3n) is 1.53. The van der Waals surface area contributed by atoms with Crippen molar-refractivity contribution >= 4 is 15.9 Å². The zero-order valence-electron chi connectivity index (χ0n) is 7.01. The molecule has 0 aliphatic heterocycles. The first kappa shape index (κ1) is 10.9. The largest absolute Gasteiger partial charge is 0.433 e. The van der Waals surface area contributed by atoms with Crippen molar-refractivity contribution in [2.24, 2.45) is 0 Å². The molecule has 0 N–H and O–H groups in total. The summed E-state index contributed by atoms with van der Waals surface area (Å²) >= 11 is 3.20. The second-order valence-electron chi connectivity index (χ2n) is 2.45. The van der Waals surface area contributed by atoms with Crippen molar-refractivity contribution < 1.29 is 13.5 Å². The van der Waals surface area contributed by atoms with Crippen molar-refractivity contribution in [1.82, 2.24) is 0 Å². The summed E-state index contributed by atoms with van der Waals surface area (Å²) in [5.74, 6) is -0.0906. The van der Waals surface area contributed by atoms with Crippen LogP contribution in [0, 0.1) is 11.3 Å². The van der Waals surface area contributed by atoms with Crippen LogP contribution in [0.15, 0.2) is 18.2 Å². The van der Waals surface area contributed by atoms with E-state index < -0.39 is 6.61 Å². The molecule has 14 heavy (non-hydrogen) atoms. The van der Waals surface area contributed by atoms with Gasteiger partial charge in [0.2, 0.25) is 0 Å². The minimum absolute atomic E-state index is 0.0906. The molecule has 2 nitrogen and oxygen atoms in total. The van der Waals surface area contributed by atoms with Crippen LogP contribution in [0.25, 0.3) is 0 Å². The number of nitrogens with zero attached hydrogens (tertiary/aromatic N) is 1. The molecule has 0 saturated carbocycles. The van der Waals surface area contributed by atoms with Gasteiger partial charge in [-0.05, 0) is 17.7 Å². The monoisotopic (exact) mass is 261 g/mol. The highest BCUT2D eigenvalue weighted by Crippen LogP contribution is 2.22. The summed E-state index contributed by atoms with van der Waals surface area (Å²) in [6.07, 6.45) is 0. The topological polar surface area (TPSA) is 33.0 Å². The van der Waals surface area contributed by atoms with Gasteiger partial charge in [0, 0.05) is 5.33 Å². The molecule has 1 rings (SSSR count). The van der Waals surface area contributed by atoms with Gasteiger partial charge in [0.05, 0.1) is 5.56 Å². The molecule has 0 spiro atoms. The van der Waals surface area contributed by atoms with Gasteiger partial charge >= 0.3 is 6.61 Å². The van der Waals surface area contributed by atoms with E-state index >= 15 is 0 Å². The normalized spacial score (nSPS) is 9.93. The average molecular weight is 262 g/mol. The number of nitriles is 1. The van der Waals surface area contributed by atoms with E-state index in [1.807, 2.05) is 0 Å². The van der Waals surface area contributed by atoms with Crippen LogP contribution >= 0.6 is 15.9 Å². The first-order valence-electron chi connectivity index (χ1n) is 3.71. The van der Waals surface area contributed by atoms with E-state index in [0.29, 0.717) is 5.33 Å². The quantitative estimate of drug-likeness (QED) is 0.784. The van der Waals surface area contributed by atoms with Crippen molar-refractivity contribution in [3.05, 3.63) is 29.3 Å². The number of halogens is 3. The van der Waals surface area contributed by atoms with Crippen LogP contribution in [-0.4, -0.2) is 6.61 Å². The first-order valence-corrected chi connectivity index (χ1v) is 4.83. The lowest BCUT2D eigenvalue weighted by Gasteiger charge is -2.06. The second kappa shape index (κ2) is 4.91. The summed E-state index contributed by atoms with van der Waals surface area (Å²) in [5.41, 5.74) is 0.949. The van der Waals surface area contributed by atoms with Gasteiger partial charge < -0.3 is 4.74 Å². The standard InChI is InChI=1S/C9H6BrF2NO/c10-4-6-1-2-8(14-9(11)12)7(3-6)5-13/h1-3,9H,4H2. The van der Waals surface area contributed by atoms with E-state index in [9.17, 15) is 8.78 Å². The average Bonchev–Trinajstić information content (AvgIpc) is 2.17. The van der Waals surface area contributed by atoms with Crippen molar-refractivity contribution in [3.8, 4) is 11.8 Å². The predicted octanol–water partition coefficient (Wildman–Crippen LogP) is 3.05. The Morgan fingerprint density at radius 2 is 2.21 bits per heavy atom. The third-order valence-corrected chi connectivity index (χ3v) is 2.18. The van der Waals surface area contributed by atoms with Crippen LogP contribution in [-0.2, 0) is 5.33 Å². The smallest absolute Gasteiger partial charge is 0.387 e. The molecule has 0 aliphatic rings. The van der Waals surface area contributed by atoms with Gasteiger partial charge in [0.25, 0.3) is 0 Å². The second-order valence-corrected chi connectivity index (χ2v) is 3.02. The molecule has 0 aromatic heterocycles. The lowest BCUT2D eigenvalue weighted by atomic mass is 10.1. The van der Waals surface area contributed by atoms with Crippen LogP contribution in [0.5, 0.6) is 5.75 Å². The molecule has 1 aromatic rings. The van der Waals surface area contributed by atoms with E-state index in [2.05, 4.69) is 20.7 Å². The highest BCUT2D eigenvalue weighted by molar-refractivity contribution is 9.08. The van der Waals surface area contributed by atoms with Crippen molar-refractivity contribution in [3.63, 3.8) is 0 Å². The van der Waals surface area contributed by atoms with E-state index in [-0.39, 0.29) is 11.3 Å². The van der Waals surface area contributed by atoms with Gasteiger partial charge in [-0.25, -0.2) is 0 Å². The summed E-state index contributed by atoms with van der Waals surface area (Å²) in [5, 5.41) is 9.23. The maximum atomic E-state index is 11.9. The Kier molecular flexibility index (Phi) is 3.84. The summed E-state index contributed by atoms with van der Waals surface area (Å²) in [4.78, 5) is 0. The summed E-state index contributed by atoms with van der Waals surface area (Å²) in [7, 11) is 0. The number of ether oxygens (including phenoxy) is 1. The van der Waals surface area contributed by atoms with Crippen LogP contribution in [0.4, 0.5) is 8.78 Å². The Bertz CT molecular complexity index is 362. The molecule has 1 aromatic carbocycles. The van der Waals surface area contributed by atoms with E-state index in [1.165, 1.54) is 12.1 Å². The fourth-order valence-electron chi connectivity index (χ4n) is 0.946. The molecule has 0 aliphatic carbocycles. The van der Waals surface area contributed by atoms with Crippen LogP contribution in [0.3, 0.4) is 0 Å². The number of hydrogen-bond donors (Lipinski definition) is 0. The lowest BCUT2D eigenvalue weighted by Crippen LogP contribution is -2.03. The molecule has 0 saturated heterocycles. The van der Waals surface area contributed by atoms with Crippen LogP contribution in [0.2, 0.25) is 0 Å². The minimum atomic E-state index is -2.91. The highest BCUT2D eigenvalue weighted by Gasteiger charge is 2.09. The van der Waals surface area contributed by atoms with Gasteiger partial charge in [-0.1, -0.05) is 22.0 Å². The number of alkyl halides is 3. The van der Waals surface area contributed by atoms with Crippen LogP contribution < -0.4 is 4.74 Å². The maximum absolute atomic E-state index is 11.9. The third kappa shape index (κ3) is 2.67. The van der Waals surface area contributed by atoms with Crippen LogP contribution in [0.1, 0.15) is 11.1 Å². The Balaban J connectivity index is 3.01. The van der Waals surface area contributed by atoms with Gasteiger partial charge in [0.1, 0.15) is 11.8 Å². The minimum Gasteiger partial charge on any atom is -0.433 e. The predicted molar refractivity (Wildman–Crippen MR) is 50.4 cm³/mol. The molecular formula is C9H6BrF2NO. The molecule has 0 atom stereocenters. The van der Waals surface area contributed by atoms with Crippen molar-refractivity contribution in [2.75, 3.05) is 0 Å². The zero-order chi connectivity index (χ0) is 10.6. The van der Waals surface area contributed by atoms with Gasteiger partial charge in [0.15, 0.2) is 0 Å². The number of rotatable bonds is 3. The number of benzene rings is 1. The van der Waals surface area contributed by atoms with Gasteiger partial charge in [-0.15, -0.1) is 0 Å². The molecule has 74 valence electrons. The molecule has 0 heterocycles. The molecule has 0 fully saturated rings. The van der Waals surface area contributed by atoms with E-state index in [4.69, 9.17) is 5.26 Å². The maximum Gasteiger partial charge on any atom is 0.387 e.